The number of hydrogen-bond acceptors (Lipinski definition) is 4. The monoisotopic (exact) mass is 474 g/mol. The summed E-state index contributed by atoms with van der Waals surface area (Å²) in [6.45, 7) is 4.00. The van der Waals surface area contributed by atoms with E-state index in [4.69, 9.17) is 8.83 Å². The summed E-state index contributed by atoms with van der Waals surface area (Å²) >= 11 is 7.03. The van der Waals surface area contributed by atoms with E-state index in [2.05, 4.69) is 31.9 Å². The molecule has 0 N–H and O–H groups in total. The van der Waals surface area contributed by atoms with Crippen LogP contribution in [0.3, 0.4) is 0 Å². The first-order valence-corrected chi connectivity index (χ1v) is 9.67. The van der Waals surface area contributed by atoms with Crippen LogP contribution in [0.5, 0.6) is 0 Å². The highest BCUT2D eigenvalue weighted by atomic mass is 79.9. The van der Waals surface area contributed by atoms with Crippen LogP contribution in [0.4, 0.5) is 0 Å². The Labute approximate surface area is 164 Å². The lowest BCUT2D eigenvalue weighted by molar-refractivity contribution is 0.488. The van der Waals surface area contributed by atoms with Gasteiger partial charge in [0.25, 0.3) is 0 Å². The second-order valence-electron chi connectivity index (χ2n) is 5.54. The summed E-state index contributed by atoms with van der Waals surface area (Å²) in [4.78, 5) is 24.4. The summed E-state index contributed by atoms with van der Waals surface area (Å²) in [5, 5.41) is 3.81. The van der Waals surface area contributed by atoms with Gasteiger partial charge in [-0.3, -0.25) is 0 Å². The molecule has 0 radical (unpaired) electrons. The van der Waals surface area contributed by atoms with Crippen molar-refractivity contribution in [1.29, 1.82) is 0 Å². The molecule has 2 heterocycles. The molecule has 0 aliphatic rings. The van der Waals surface area contributed by atoms with Crippen molar-refractivity contribution >= 4 is 75.3 Å². The molecule has 0 amide bonds. The molecular formula is C20H12Br2O4. The van der Waals surface area contributed by atoms with E-state index in [1.165, 1.54) is 0 Å². The van der Waals surface area contributed by atoms with Crippen LogP contribution in [0, 0.1) is 0 Å². The Morgan fingerprint density at radius 3 is 2.04 bits per heavy atom. The molecule has 5 rings (SSSR count). The van der Waals surface area contributed by atoms with Crippen LogP contribution in [-0.2, 0) is 0 Å². The van der Waals surface area contributed by atoms with Gasteiger partial charge in [0.15, 0.2) is 0 Å². The molecule has 26 heavy (non-hydrogen) atoms. The molecule has 0 bridgehead atoms. The molecule has 0 unspecified atom stereocenters. The molecule has 0 fully saturated rings. The quantitative estimate of drug-likeness (QED) is 0.198. The molecule has 0 saturated heterocycles. The molecule has 0 saturated carbocycles. The van der Waals surface area contributed by atoms with E-state index in [0.717, 1.165) is 26.2 Å². The van der Waals surface area contributed by atoms with Gasteiger partial charge in [0.05, 0.1) is 15.2 Å². The van der Waals surface area contributed by atoms with Crippen LogP contribution < -0.4 is 11.3 Å². The van der Waals surface area contributed by atoms with Gasteiger partial charge in [-0.05, 0) is 34.1 Å². The topological polar surface area (TPSA) is 60.4 Å². The average molecular weight is 476 g/mol. The van der Waals surface area contributed by atoms with Gasteiger partial charge in [0.1, 0.15) is 11.2 Å². The number of halogens is 2. The summed E-state index contributed by atoms with van der Waals surface area (Å²) in [5.74, 6) is 0. The number of hydrogen-bond donors (Lipinski definition) is 0. The minimum absolute atomic E-state index is 0.354. The Bertz CT molecular complexity index is 1380. The minimum Gasteiger partial charge on any atom is -0.455 e. The SMILES string of the molecule is CC.O=c1oc(=O)c2cc(Br)c3c4ccccc4oc4c(Br)cc1c2c43. The van der Waals surface area contributed by atoms with E-state index in [-0.39, 0.29) is 0 Å². The first-order valence-electron chi connectivity index (χ1n) is 8.08. The second kappa shape index (κ2) is 6.21. The van der Waals surface area contributed by atoms with Crippen LogP contribution >= 0.6 is 31.9 Å². The summed E-state index contributed by atoms with van der Waals surface area (Å²) in [6, 6.07) is 11.0. The zero-order valence-corrected chi connectivity index (χ0v) is 17.0. The maximum atomic E-state index is 12.2. The van der Waals surface area contributed by atoms with Gasteiger partial charge >= 0.3 is 11.3 Å². The summed E-state index contributed by atoms with van der Waals surface area (Å²) in [7, 11) is 0. The Balaban J connectivity index is 0.000000814. The number of fused-ring (bicyclic) bond motifs is 2. The van der Waals surface area contributed by atoms with Gasteiger partial charge in [0.2, 0.25) is 0 Å². The van der Waals surface area contributed by atoms with Crippen LogP contribution in [-0.4, -0.2) is 0 Å². The van der Waals surface area contributed by atoms with Gasteiger partial charge in [-0.25, -0.2) is 9.59 Å². The lowest BCUT2D eigenvalue weighted by Crippen LogP contribution is -2.12. The van der Waals surface area contributed by atoms with E-state index in [9.17, 15) is 9.59 Å². The van der Waals surface area contributed by atoms with E-state index in [1.807, 2.05) is 38.1 Å². The normalized spacial score (nSPS) is 11.4. The first kappa shape index (κ1) is 17.2. The molecule has 0 aliphatic carbocycles. The van der Waals surface area contributed by atoms with Crippen LogP contribution in [0.2, 0.25) is 0 Å². The van der Waals surface area contributed by atoms with Crippen molar-refractivity contribution in [1.82, 2.24) is 0 Å². The lowest BCUT2D eigenvalue weighted by atomic mass is 9.97. The molecule has 0 atom stereocenters. The van der Waals surface area contributed by atoms with Gasteiger partial charge in [0, 0.05) is 26.0 Å². The number of para-hydroxylation sites is 1. The minimum atomic E-state index is -0.646. The largest absolute Gasteiger partial charge is 0.455 e. The van der Waals surface area contributed by atoms with Crippen molar-refractivity contribution in [3.63, 3.8) is 0 Å². The summed E-state index contributed by atoms with van der Waals surface area (Å²) < 4.78 is 12.3. The van der Waals surface area contributed by atoms with Crippen molar-refractivity contribution in [3.05, 3.63) is 66.2 Å². The first-order chi connectivity index (χ1) is 12.6. The lowest BCUT2D eigenvalue weighted by Gasteiger charge is -2.13. The van der Waals surface area contributed by atoms with Crippen molar-refractivity contribution < 1.29 is 8.83 Å². The van der Waals surface area contributed by atoms with Crippen LogP contribution in [0.1, 0.15) is 13.8 Å². The number of rotatable bonds is 0. The molecule has 130 valence electrons. The van der Waals surface area contributed by atoms with Crippen molar-refractivity contribution in [2.75, 3.05) is 0 Å². The molecule has 3 aromatic carbocycles. The van der Waals surface area contributed by atoms with Crippen LogP contribution in [0.25, 0.3) is 43.5 Å². The van der Waals surface area contributed by atoms with Crippen molar-refractivity contribution in [2.24, 2.45) is 0 Å². The smallest absolute Gasteiger partial charge is 0.346 e. The van der Waals surface area contributed by atoms with E-state index < -0.39 is 11.3 Å². The Kier molecular flexibility index (Phi) is 4.12. The average Bonchev–Trinajstić information content (AvgIpc) is 2.65. The summed E-state index contributed by atoms with van der Waals surface area (Å²) in [6.07, 6.45) is 0. The third-order valence-corrected chi connectivity index (χ3v) is 5.47. The standard InChI is InChI=1S/C18H6Br2O4.C2H6/c19-10-5-8-13-9(18(22)24-17(8)21)6-11(20)16-15(13)14(10)7-3-1-2-4-12(7)23-16;1-2/h1-6H;1-2H3. The predicted octanol–water partition coefficient (Wildman–Crippen LogP) is 6.19. The summed E-state index contributed by atoms with van der Waals surface area (Å²) in [5.41, 5.74) is 0.0189. The van der Waals surface area contributed by atoms with E-state index in [1.54, 1.807) is 12.1 Å². The third kappa shape index (κ3) is 2.25. The molecular weight excluding hydrogens is 464 g/mol. The van der Waals surface area contributed by atoms with Crippen molar-refractivity contribution in [3.8, 4) is 0 Å². The zero-order valence-electron chi connectivity index (χ0n) is 13.9. The molecule has 5 aromatic rings. The molecule has 0 aliphatic heterocycles. The Morgan fingerprint density at radius 2 is 1.35 bits per heavy atom. The van der Waals surface area contributed by atoms with Gasteiger partial charge in [-0.2, -0.15) is 0 Å². The van der Waals surface area contributed by atoms with E-state index >= 15 is 0 Å². The number of benzene rings is 3. The molecule has 6 heteroatoms. The predicted molar refractivity (Wildman–Crippen MR) is 111 cm³/mol. The maximum absolute atomic E-state index is 12.2. The van der Waals surface area contributed by atoms with Gasteiger partial charge in [-0.15, -0.1) is 0 Å². The Hall–Kier alpha value is -2.18. The van der Waals surface area contributed by atoms with Crippen molar-refractivity contribution in [2.45, 2.75) is 13.8 Å². The van der Waals surface area contributed by atoms with Crippen LogP contribution in [0.15, 0.2) is 63.8 Å². The van der Waals surface area contributed by atoms with Gasteiger partial charge in [-0.1, -0.05) is 48.0 Å². The molecule has 4 nitrogen and oxygen atoms in total. The fourth-order valence-electron chi connectivity index (χ4n) is 3.29. The highest BCUT2D eigenvalue weighted by Gasteiger charge is 2.21. The highest BCUT2D eigenvalue weighted by Crippen LogP contribution is 2.43. The maximum Gasteiger partial charge on any atom is 0.346 e. The molecule has 0 spiro atoms. The van der Waals surface area contributed by atoms with Gasteiger partial charge < -0.3 is 8.83 Å². The molecule has 2 aromatic heterocycles. The highest BCUT2D eigenvalue weighted by molar-refractivity contribution is 9.11. The third-order valence-electron chi connectivity index (χ3n) is 4.26. The fraction of sp³-hybridized carbons (Fsp3) is 0.100. The Morgan fingerprint density at radius 1 is 0.731 bits per heavy atom. The zero-order chi connectivity index (χ0) is 18.6. The second-order valence-corrected chi connectivity index (χ2v) is 7.25. The fourth-order valence-corrected chi connectivity index (χ4v) is 4.44. The van der Waals surface area contributed by atoms with E-state index in [0.29, 0.717) is 26.2 Å².